The molecular weight excluding hydrogens is 470 g/mol. The van der Waals surface area contributed by atoms with Crippen molar-refractivity contribution in [1.29, 1.82) is 0 Å². The summed E-state index contributed by atoms with van der Waals surface area (Å²) >= 11 is 2.95. The van der Waals surface area contributed by atoms with Gasteiger partial charge in [-0.1, -0.05) is 6.07 Å². The monoisotopic (exact) mass is 483 g/mol. The van der Waals surface area contributed by atoms with Gasteiger partial charge in [0.15, 0.2) is 9.84 Å². The van der Waals surface area contributed by atoms with Crippen molar-refractivity contribution in [3.8, 4) is 0 Å². The molecule has 0 fully saturated rings. The Morgan fingerprint density at radius 2 is 2.04 bits per heavy atom. The van der Waals surface area contributed by atoms with E-state index in [1.54, 1.807) is 0 Å². The highest BCUT2D eigenvalue weighted by molar-refractivity contribution is 9.10. The minimum absolute atomic E-state index is 0.0255. The maximum absolute atomic E-state index is 13.7. The van der Waals surface area contributed by atoms with E-state index in [0.717, 1.165) is 18.2 Å². The molecule has 1 aromatic carbocycles. The number of rotatable bonds is 3. The summed E-state index contributed by atoms with van der Waals surface area (Å²) in [6.45, 7) is 1.22. The third-order valence-electron chi connectivity index (χ3n) is 4.41. The minimum Gasteiger partial charge on any atom is -0.463 e. The second kappa shape index (κ2) is 7.18. The van der Waals surface area contributed by atoms with Gasteiger partial charge in [-0.3, -0.25) is 0 Å². The summed E-state index contributed by atoms with van der Waals surface area (Å²) in [5, 5.41) is 2.09. The minimum atomic E-state index is -4.96. The van der Waals surface area contributed by atoms with Gasteiger partial charge in [-0.05, 0) is 40.5 Å². The summed E-state index contributed by atoms with van der Waals surface area (Å²) in [6, 6.07) is 3.30. The number of esters is 1. The summed E-state index contributed by atoms with van der Waals surface area (Å²) in [5.74, 6) is -3.92. The van der Waals surface area contributed by atoms with E-state index in [-0.39, 0.29) is 39.4 Å². The molecule has 3 rings (SSSR count). The number of alkyl halides is 3. The molecule has 28 heavy (non-hydrogen) atoms. The lowest BCUT2D eigenvalue weighted by molar-refractivity contribution is -0.140. The lowest BCUT2D eigenvalue weighted by Gasteiger charge is -2.31. The number of allylic oxidation sites excluding steroid dienone is 3. The summed E-state index contributed by atoms with van der Waals surface area (Å²) in [6.07, 6.45) is -5.10. The Bertz CT molecular complexity index is 1010. The van der Waals surface area contributed by atoms with E-state index in [1.165, 1.54) is 6.92 Å². The van der Waals surface area contributed by atoms with Crippen LogP contribution in [-0.2, 0) is 19.4 Å². The molecule has 0 saturated heterocycles. The van der Waals surface area contributed by atoms with E-state index in [2.05, 4.69) is 21.2 Å². The summed E-state index contributed by atoms with van der Waals surface area (Å²) in [4.78, 5) is 12.1. The third kappa shape index (κ3) is 3.57. The van der Waals surface area contributed by atoms with Gasteiger partial charge in [-0.2, -0.15) is 13.2 Å². The van der Waals surface area contributed by atoms with E-state index in [9.17, 15) is 30.8 Å². The molecule has 1 atom stereocenters. The highest BCUT2D eigenvalue weighted by Gasteiger charge is 2.50. The molecule has 0 radical (unpaired) electrons. The quantitative estimate of drug-likeness (QED) is 0.524. The second-order valence-electron chi connectivity index (χ2n) is 6.15. The summed E-state index contributed by atoms with van der Waals surface area (Å²) < 4.78 is 84.6. The van der Waals surface area contributed by atoms with Crippen LogP contribution >= 0.6 is 15.9 Å². The average Bonchev–Trinajstić information content (AvgIpc) is 2.90. The van der Waals surface area contributed by atoms with Gasteiger partial charge in [0, 0.05) is 12.1 Å². The largest absolute Gasteiger partial charge is 0.463 e. The van der Waals surface area contributed by atoms with Crippen LogP contribution in [0.25, 0.3) is 0 Å². The van der Waals surface area contributed by atoms with Crippen LogP contribution in [0.3, 0.4) is 0 Å². The number of halogens is 5. The van der Waals surface area contributed by atoms with Gasteiger partial charge >= 0.3 is 12.1 Å². The van der Waals surface area contributed by atoms with Gasteiger partial charge in [0.25, 0.3) is 0 Å². The van der Waals surface area contributed by atoms with Crippen LogP contribution < -0.4 is 5.32 Å². The molecule has 0 aromatic heterocycles. The number of benzene rings is 1. The first-order chi connectivity index (χ1) is 13.0. The zero-order valence-corrected chi connectivity index (χ0v) is 16.8. The zero-order chi connectivity index (χ0) is 20.9. The maximum Gasteiger partial charge on any atom is 0.431 e. The molecule has 152 valence electrons. The molecule has 1 unspecified atom stereocenters. The number of dihydropyridines is 1. The van der Waals surface area contributed by atoms with Gasteiger partial charge in [0.2, 0.25) is 0 Å². The Morgan fingerprint density at radius 1 is 1.36 bits per heavy atom. The Labute approximate surface area is 166 Å². The van der Waals surface area contributed by atoms with Crippen molar-refractivity contribution in [2.24, 2.45) is 0 Å². The smallest absolute Gasteiger partial charge is 0.431 e. The van der Waals surface area contributed by atoms with E-state index < -0.39 is 45.0 Å². The van der Waals surface area contributed by atoms with Gasteiger partial charge in [0.05, 0.1) is 33.2 Å². The molecule has 2 heterocycles. The number of carbonyl (C=O) groups excluding carboxylic acids is 1. The van der Waals surface area contributed by atoms with Crippen molar-refractivity contribution in [2.45, 2.75) is 25.4 Å². The number of hydrogen-bond donors (Lipinski definition) is 1. The van der Waals surface area contributed by atoms with Gasteiger partial charge < -0.3 is 10.1 Å². The van der Waals surface area contributed by atoms with Crippen LogP contribution in [0.4, 0.5) is 17.6 Å². The number of carbonyl (C=O) groups is 1. The Balaban J connectivity index is 2.33. The summed E-state index contributed by atoms with van der Waals surface area (Å²) in [7, 11) is -3.92. The normalized spacial score (nSPS) is 21.4. The van der Waals surface area contributed by atoms with Gasteiger partial charge in [0.1, 0.15) is 11.5 Å². The summed E-state index contributed by atoms with van der Waals surface area (Å²) in [5.41, 5.74) is -2.33. The van der Waals surface area contributed by atoms with Crippen molar-refractivity contribution in [1.82, 2.24) is 5.32 Å². The molecule has 2 aliphatic heterocycles. The van der Waals surface area contributed by atoms with Crippen molar-refractivity contribution >= 4 is 31.7 Å². The van der Waals surface area contributed by atoms with Crippen LogP contribution in [-0.4, -0.2) is 32.9 Å². The maximum atomic E-state index is 13.7. The first-order valence-corrected chi connectivity index (χ1v) is 10.6. The third-order valence-corrected chi connectivity index (χ3v) is 6.91. The predicted octanol–water partition coefficient (Wildman–Crippen LogP) is 3.68. The van der Waals surface area contributed by atoms with Crippen LogP contribution in [0.2, 0.25) is 0 Å². The molecule has 11 heteroatoms. The highest BCUT2D eigenvalue weighted by atomic mass is 79.9. The molecule has 0 amide bonds. The number of nitrogens with one attached hydrogen (secondary N) is 1. The topological polar surface area (TPSA) is 72.5 Å². The highest BCUT2D eigenvalue weighted by Crippen LogP contribution is 2.48. The van der Waals surface area contributed by atoms with Gasteiger partial charge in [-0.15, -0.1) is 0 Å². The number of hydrogen-bond acceptors (Lipinski definition) is 5. The van der Waals surface area contributed by atoms with Crippen molar-refractivity contribution in [3.63, 3.8) is 0 Å². The molecule has 1 N–H and O–H groups in total. The van der Waals surface area contributed by atoms with Crippen LogP contribution in [0.5, 0.6) is 0 Å². The van der Waals surface area contributed by atoms with Crippen LogP contribution in [0.1, 0.15) is 24.8 Å². The Morgan fingerprint density at radius 3 is 2.61 bits per heavy atom. The number of sulfone groups is 1. The zero-order valence-electron chi connectivity index (χ0n) is 14.4. The fraction of sp³-hybridized carbons (Fsp3) is 0.353. The number of ether oxygens (including phenoxy) is 1. The van der Waals surface area contributed by atoms with Crippen molar-refractivity contribution < 1.29 is 35.5 Å². The molecule has 0 spiro atoms. The lowest BCUT2D eigenvalue weighted by atomic mass is 9.85. The molecule has 1 aromatic rings. The van der Waals surface area contributed by atoms with Crippen molar-refractivity contribution in [3.05, 3.63) is 55.9 Å². The molecular formula is C17H14BrF4NO4S. The van der Waals surface area contributed by atoms with Crippen LogP contribution in [0.15, 0.2) is 44.5 Å². The SMILES string of the molecule is CCOC(=O)C1=C(C(F)(F)F)NC2=C(C1c1ccc(F)c(Br)c1)S(=O)(=O)CC2. The van der Waals surface area contributed by atoms with Crippen molar-refractivity contribution in [2.75, 3.05) is 12.4 Å². The Kier molecular flexibility index (Phi) is 5.34. The second-order valence-corrected chi connectivity index (χ2v) is 9.08. The molecule has 0 bridgehead atoms. The molecule has 0 saturated carbocycles. The van der Waals surface area contributed by atoms with E-state index in [0.29, 0.717) is 0 Å². The molecule has 2 aliphatic rings. The first-order valence-electron chi connectivity index (χ1n) is 8.13. The molecule has 5 nitrogen and oxygen atoms in total. The fourth-order valence-corrected chi connectivity index (χ4v) is 5.52. The van der Waals surface area contributed by atoms with Gasteiger partial charge in [-0.25, -0.2) is 17.6 Å². The predicted molar refractivity (Wildman–Crippen MR) is 95.1 cm³/mol. The standard InChI is InChI=1S/C17H14BrF4NO4S/c1-2-27-16(24)13-12(8-3-4-10(19)9(18)7-8)14-11(5-6-28(14,25)26)23-15(13)17(20,21)22/h3-4,7,12,23H,2,5-6H2,1H3. The van der Waals surface area contributed by atoms with Crippen LogP contribution in [0, 0.1) is 5.82 Å². The van der Waals surface area contributed by atoms with E-state index in [1.807, 2.05) is 0 Å². The van der Waals surface area contributed by atoms with E-state index in [4.69, 9.17) is 4.74 Å². The van der Waals surface area contributed by atoms with E-state index >= 15 is 0 Å². The average molecular weight is 484 g/mol. The Hall–Kier alpha value is -1.88. The first kappa shape index (κ1) is 20.8. The lowest BCUT2D eigenvalue weighted by Crippen LogP contribution is -2.37. The fourth-order valence-electron chi connectivity index (χ4n) is 3.29. The molecule has 0 aliphatic carbocycles.